The number of hydrogen-bond donors (Lipinski definition) is 1. The Bertz CT molecular complexity index is 305. The number of nitrogens with zero attached hydrogens (tertiary/aromatic N) is 2. The Kier molecular flexibility index (Phi) is 3.38. The summed E-state index contributed by atoms with van der Waals surface area (Å²) in [6, 6.07) is 0.210. The molecule has 2 N–H and O–H groups in total. The average molecular weight is 209 g/mol. The van der Waals surface area contributed by atoms with Crippen LogP contribution in [0.2, 0.25) is 0 Å². The SMILES string of the molecule is CCn1cc(CC(N)C2CCOC2)cn1. The number of ether oxygens (including phenoxy) is 1. The monoisotopic (exact) mass is 209 g/mol. The second-order valence-electron chi connectivity index (χ2n) is 4.20. The topological polar surface area (TPSA) is 53.1 Å². The summed E-state index contributed by atoms with van der Waals surface area (Å²) in [7, 11) is 0. The zero-order valence-corrected chi connectivity index (χ0v) is 9.22. The maximum absolute atomic E-state index is 6.14. The van der Waals surface area contributed by atoms with Crippen LogP contribution in [0.25, 0.3) is 0 Å². The molecule has 0 spiro atoms. The van der Waals surface area contributed by atoms with Crippen molar-refractivity contribution in [2.45, 2.75) is 32.4 Å². The molecule has 0 aromatic carbocycles. The van der Waals surface area contributed by atoms with Gasteiger partial charge >= 0.3 is 0 Å². The van der Waals surface area contributed by atoms with E-state index in [9.17, 15) is 0 Å². The fourth-order valence-electron chi connectivity index (χ4n) is 2.01. The van der Waals surface area contributed by atoms with Crippen LogP contribution in [-0.2, 0) is 17.7 Å². The fourth-order valence-corrected chi connectivity index (χ4v) is 2.01. The summed E-state index contributed by atoms with van der Waals surface area (Å²) in [5, 5.41) is 4.24. The molecule has 0 bridgehead atoms. The standard InChI is InChI=1S/C11H19N3O/c1-2-14-7-9(6-13-14)5-11(12)10-3-4-15-8-10/h6-7,10-11H,2-5,8,12H2,1H3. The first-order valence-electron chi connectivity index (χ1n) is 5.64. The van der Waals surface area contributed by atoms with Crippen LogP contribution in [0.5, 0.6) is 0 Å². The molecule has 1 aromatic rings. The highest BCUT2D eigenvalue weighted by Gasteiger charge is 2.23. The van der Waals surface area contributed by atoms with E-state index in [0.29, 0.717) is 5.92 Å². The molecule has 2 unspecified atom stereocenters. The van der Waals surface area contributed by atoms with E-state index in [1.165, 1.54) is 5.56 Å². The van der Waals surface area contributed by atoms with Crippen LogP contribution >= 0.6 is 0 Å². The molecule has 1 saturated heterocycles. The third-order valence-corrected chi connectivity index (χ3v) is 3.05. The van der Waals surface area contributed by atoms with Gasteiger partial charge in [-0.1, -0.05) is 0 Å². The smallest absolute Gasteiger partial charge is 0.0522 e. The van der Waals surface area contributed by atoms with Crippen LogP contribution in [0.4, 0.5) is 0 Å². The van der Waals surface area contributed by atoms with Crippen LogP contribution in [0.15, 0.2) is 12.4 Å². The van der Waals surface area contributed by atoms with Gasteiger partial charge in [-0.05, 0) is 31.2 Å². The summed E-state index contributed by atoms with van der Waals surface area (Å²) >= 11 is 0. The molecule has 0 saturated carbocycles. The molecule has 2 atom stereocenters. The highest BCUT2D eigenvalue weighted by molar-refractivity contribution is 5.06. The lowest BCUT2D eigenvalue weighted by Crippen LogP contribution is -2.32. The molecule has 0 radical (unpaired) electrons. The van der Waals surface area contributed by atoms with Gasteiger partial charge in [0.1, 0.15) is 0 Å². The molecule has 2 rings (SSSR count). The van der Waals surface area contributed by atoms with E-state index in [4.69, 9.17) is 10.5 Å². The van der Waals surface area contributed by atoms with Crippen LogP contribution in [-0.4, -0.2) is 29.0 Å². The number of nitrogens with two attached hydrogens (primary N) is 1. The summed E-state index contributed by atoms with van der Waals surface area (Å²) in [6.45, 7) is 4.69. The Morgan fingerprint density at radius 2 is 2.60 bits per heavy atom. The van der Waals surface area contributed by atoms with Crippen molar-refractivity contribution in [1.29, 1.82) is 0 Å². The summed E-state index contributed by atoms with van der Waals surface area (Å²) < 4.78 is 7.28. The van der Waals surface area contributed by atoms with E-state index in [1.54, 1.807) is 0 Å². The zero-order chi connectivity index (χ0) is 10.7. The van der Waals surface area contributed by atoms with E-state index < -0.39 is 0 Å². The average Bonchev–Trinajstić information content (AvgIpc) is 2.87. The quantitative estimate of drug-likeness (QED) is 0.798. The maximum atomic E-state index is 6.14. The Morgan fingerprint density at radius 3 is 3.20 bits per heavy atom. The molecular weight excluding hydrogens is 190 g/mol. The largest absolute Gasteiger partial charge is 0.381 e. The first-order chi connectivity index (χ1) is 7.29. The van der Waals surface area contributed by atoms with Gasteiger partial charge in [0.05, 0.1) is 12.8 Å². The van der Waals surface area contributed by atoms with Crippen molar-refractivity contribution in [3.63, 3.8) is 0 Å². The lowest BCUT2D eigenvalue weighted by Gasteiger charge is -2.16. The molecule has 1 aliphatic heterocycles. The molecule has 4 nitrogen and oxygen atoms in total. The molecule has 0 amide bonds. The molecule has 84 valence electrons. The van der Waals surface area contributed by atoms with Crippen LogP contribution < -0.4 is 5.73 Å². The first-order valence-corrected chi connectivity index (χ1v) is 5.64. The van der Waals surface area contributed by atoms with Gasteiger partial charge in [-0.25, -0.2) is 0 Å². The van der Waals surface area contributed by atoms with E-state index >= 15 is 0 Å². The van der Waals surface area contributed by atoms with E-state index in [2.05, 4.69) is 18.2 Å². The van der Waals surface area contributed by atoms with Gasteiger partial charge in [0, 0.05) is 25.4 Å². The van der Waals surface area contributed by atoms with Gasteiger partial charge in [0.15, 0.2) is 0 Å². The second kappa shape index (κ2) is 4.77. The molecule has 4 heteroatoms. The molecular formula is C11H19N3O. The molecule has 0 aliphatic carbocycles. The number of aromatic nitrogens is 2. The van der Waals surface area contributed by atoms with Gasteiger partial charge < -0.3 is 10.5 Å². The summed E-state index contributed by atoms with van der Waals surface area (Å²) in [5.41, 5.74) is 7.38. The lowest BCUT2D eigenvalue weighted by molar-refractivity contribution is 0.180. The normalized spacial score (nSPS) is 23.2. The van der Waals surface area contributed by atoms with Crippen molar-refractivity contribution in [1.82, 2.24) is 9.78 Å². The van der Waals surface area contributed by atoms with E-state index in [-0.39, 0.29) is 6.04 Å². The maximum Gasteiger partial charge on any atom is 0.0522 e. The van der Waals surface area contributed by atoms with Gasteiger partial charge in [-0.15, -0.1) is 0 Å². The van der Waals surface area contributed by atoms with E-state index in [1.807, 2.05) is 10.9 Å². The van der Waals surface area contributed by atoms with Crippen LogP contribution in [0.3, 0.4) is 0 Å². The third kappa shape index (κ3) is 2.58. The molecule has 1 aromatic heterocycles. The predicted molar refractivity (Wildman–Crippen MR) is 58.5 cm³/mol. The minimum Gasteiger partial charge on any atom is -0.381 e. The van der Waals surface area contributed by atoms with Crippen molar-refractivity contribution < 1.29 is 4.74 Å². The predicted octanol–water partition coefficient (Wildman–Crippen LogP) is 0.809. The van der Waals surface area contributed by atoms with E-state index in [0.717, 1.165) is 32.6 Å². The van der Waals surface area contributed by atoms with Crippen molar-refractivity contribution in [2.24, 2.45) is 11.7 Å². The molecule has 1 fully saturated rings. The third-order valence-electron chi connectivity index (χ3n) is 3.05. The Morgan fingerprint density at radius 1 is 1.73 bits per heavy atom. The van der Waals surface area contributed by atoms with Crippen LogP contribution in [0, 0.1) is 5.92 Å². The van der Waals surface area contributed by atoms with Crippen molar-refractivity contribution in [2.75, 3.05) is 13.2 Å². The summed E-state index contributed by atoms with van der Waals surface area (Å²) in [5.74, 6) is 0.523. The second-order valence-corrected chi connectivity index (χ2v) is 4.20. The number of rotatable bonds is 4. The Balaban J connectivity index is 1.89. The molecule has 2 heterocycles. The minimum absolute atomic E-state index is 0.210. The number of hydrogen-bond acceptors (Lipinski definition) is 3. The van der Waals surface area contributed by atoms with Gasteiger partial charge in [0.2, 0.25) is 0 Å². The molecule has 1 aliphatic rings. The number of aryl methyl sites for hydroxylation is 1. The first kappa shape index (κ1) is 10.6. The fraction of sp³-hybridized carbons (Fsp3) is 0.727. The molecule has 15 heavy (non-hydrogen) atoms. The lowest BCUT2D eigenvalue weighted by atomic mass is 9.95. The van der Waals surface area contributed by atoms with Crippen molar-refractivity contribution in [3.8, 4) is 0 Å². The van der Waals surface area contributed by atoms with Gasteiger partial charge in [-0.3, -0.25) is 4.68 Å². The van der Waals surface area contributed by atoms with Crippen molar-refractivity contribution in [3.05, 3.63) is 18.0 Å². The minimum atomic E-state index is 0.210. The summed E-state index contributed by atoms with van der Waals surface area (Å²) in [6.07, 6.45) is 6.01. The Labute approximate surface area is 90.4 Å². The highest BCUT2D eigenvalue weighted by Crippen LogP contribution is 2.18. The Hall–Kier alpha value is -0.870. The zero-order valence-electron chi connectivity index (χ0n) is 9.22. The summed E-state index contributed by atoms with van der Waals surface area (Å²) in [4.78, 5) is 0. The van der Waals surface area contributed by atoms with Crippen LogP contribution in [0.1, 0.15) is 18.9 Å². The van der Waals surface area contributed by atoms with Crippen molar-refractivity contribution >= 4 is 0 Å². The van der Waals surface area contributed by atoms with Gasteiger partial charge in [-0.2, -0.15) is 5.10 Å². The highest BCUT2D eigenvalue weighted by atomic mass is 16.5. The van der Waals surface area contributed by atoms with Gasteiger partial charge in [0.25, 0.3) is 0 Å².